The van der Waals surface area contributed by atoms with Gasteiger partial charge in [0.2, 0.25) is 5.95 Å². The summed E-state index contributed by atoms with van der Waals surface area (Å²) < 4.78 is 0. The predicted octanol–water partition coefficient (Wildman–Crippen LogP) is 3.05. The Morgan fingerprint density at radius 1 is 1.08 bits per heavy atom. The molecular weight excluding hydrogens is 312 g/mol. The minimum Gasteiger partial charge on any atom is -0.339 e. The van der Waals surface area contributed by atoms with Gasteiger partial charge < -0.3 is 10.2 Å². The van der Waals surface area contributed by atoms with Gasteiger partial charge in [0, 0.05) is 18.8 Å². The Bertz CT molecular complexity index is 946. The maximum Gasteiger partial charge on any atom is 0.247 e. The highest BCUT2D eigenvalue weighted by molar-refractivity contribution is 5.58. The first-order valence-corrected chi connectivity index (χ1v) is 8.10. The second-order valence-electron chi connectivity index (χ2n) is 5.90. The van der Waals surface area contributed by atoms with Gasteiger partial charge in [-0.1, -0.05) is 30.3 Å². The van der Waals surface area contributed by atoms with Gasteiger partial charge in [-0.3, -0.25) is 0 Å². The lowest BCUT2D eigenvalue weighted by molar-refractivity contribution is 0.698. The molecule has 0 amide bonds. The molecule has 6 heteroatoms. The van der Waals surface area contributed by atoms with Crippen LogP contribution in [0, 0.1) is 11.3 Å². The Morgan fingerprint density at radius 3 is 2.84 bits per heavy atom. The van der Waals surface area contributed by atoms with E-state index in [9.17, 15) is 0 Å². The van der Waals surface area contributed by atoms with Gasteiger partial charge in [-0.05, 0) is 35.7 Å². The van der Waals surface area contributed by atoms with Crippen LogP contribution in [0.15, 0.2) is 54.7 Å². The van der Waals surface area contributed by atoms with E-state index < -0.39 is 0 Å². The van der Waals surface area contributed by atoms with Gasteiger partial charge in [-0.15, -0.1) is 5.10 Å². The summed E-state index contributed by atoms with van der Waals surface area (Å²) in [4.78, 5) is 6.71. The molecule has 1 N–H and O–H groups in total. The third-order valence-electron chi connectivity index (χ3n) is 4.23. The fourth-order valence-corrected chi connectivity index (χ4v) is 2.97. The third kappa shape index (κ3) is 3.26. The summed E-state index contributed by atoms with van der Waals surface area (Å²) in [7, 11) is 0. The lowest BCUT2D eigenvalue weighted by Gasteiger charge is -2.28. The Balaban J connectivity index is 1.55. The minimum atomic E-state index is 0.597. The van der Waals surface area contributed by atoms with E-state index in [1.807, 2.05) is 12.1 Å². The van der Waals surface area contributed by atoms with Gasteiger partial charge in [-0.2, -0.15) is 15.3 Å². The van der Waals surface area contributed by atoms with E-state index in [0.29, 0.717) is 17.3 Å². The summed E-state index contributed by atoms with van der Waals surface area (Å²) in [5.74, 6) is 1.22. The predicted molar refractivity (Wildman–Crippen MR) is 95.5 cm³/mol. The van der Waals surface area contributed by atoms with Crippen LogP contribution in [-0.2, 0) is 13.0 Å². The molecule has 3 aromatic rings. The van der Waals surface area contributed by atoms with Gasteiger partial charge in [0.25, 0.3) is 0 Å². The number of rotatable bonds is 3. The number of benzene rings is 2. The second kappa shape index (κ2) is 6.57. The van der Waals surface area contributed by atoms with Crippen LogP contribution in [0.5, 0.6) is 0 Å². The molecule has 2 aromatic carbocycles. The zero-order valence-electron chi connectivity index (χ0n) is 13.6. The molecule has 0 saturated heterocycles. The van der Waals surface area contributed by atoms with Crippen molar-refractivity contribution in [1.82, 2.24) is 15.2 Å². The average Bonchev–Trinajstić information content (AvgIpc) is 2.68. The van der Waals surface area contributed by atoms with Crippen molar-refractivity contribution in [2.75, 3.05) is 16.8 Å². The number of nitrogens with zero attached hydrogens (tertiary/aromatic N) is 5. The molecule has 0 unspecified atom stereocenters. The zero-order valence-corrected chi connectivity index (χ0v) is 13.6. The molecule has 25 heavy (non-hydrogen) atoms. The van der Waals surface area contributed by atoms with Crippen LogP contribution >= 0.6 is 0 Å². The average molecular weight is 328 g/mol. The summed E-state index contributed by atoms with van der Waals surface area (Å²) >= 11 is 0. The molecule has 4 rings (SSSR count). The topological polar surface area (TPSA) is 77.7 Å². The van der Waals surface area contributed by atoms with E-state index >= 15 is 0 Å². The van der Waals surface area contributed by atoms with Crippen LogP contribution in [0.2, 0.25) is 0 Å². The summed E-state index contributed by atoms with van der Waals surface area (Å²) in [6, 6.07) is 17.8. The normalized spacial score (nSPS) is 13.0. The number of aromatic nitrogens is 3. The van der Waals surface area contributed by atoms with Crippen LogP contribution in [0.1, 0.15) is 16.7 Å². The van der Waals surface area contributed by atoms with Crippen molar-refractivity contribution in [1.29, 1.82) is 5.26 Å². The molecule has 0 aliphatic carbocycles. The minimum absolute atomic E-state index is 0.597. The zero-order chi connectivity index (χ0) is 17.1. The van der Waals surface area contributed by atoms with E-state index in [2.05, 4.69) is 55.7 Å². The van der Waals surface area contributed by atoms with Crippen molar-refractivity contribution in [3.8, 4) is 6.07 Å². The molecule has 2 heterocycles. The van der Waals surface area contributed by atoms with Crippen LogP contribution < -0.4 is 10.2 Å². The Kier molecular flexibility index (Phi) is 3.97. The maximum absolute atomic E-state index is 9.00. The number of hydrogen-bond acceptors (Lipinski definition) is 6. The maximum atomic E-state index is 9.00. The lowest BCUT2D eigenvalue weighted by Crippen LogP contribution is -2.32. The van der Waals surface area contributed by atoms with E-state index in [4.69, 9.17) is 5.26 Å². The van der Waals surface area contributed by atoms with Crippen LogP contribution in [0.3, 0.4) is 0 Å². The highest BCUT2D eigenvalue weighted by Gasteiger charge is 2.18. The third-order valence-corrected chi connectivity index (χ3v) is 4.23. The molecule has 0 bridgehead atoms. The van der Waals surface area contributed by atoms with Gasteiger partial charge in [0.05, 0.1) is 17.8 Å². The SMILES string of the molecule is N#Cc1cccc(Nc2cnnc(N3CCc4ccccc4C3)n2)c1. The summed E-state index contributed by atoms with van der Waals surface area (Å²) in [5, 5.41) is 20.4. The molecular formula is C19H16N6. The smallest absolute Gasteiger partial charge is 0.247 e. The standard InChI is InChI=1S/C19H16N6/c20-11-14-4-3-7-17(10-14)22-18-12-21-24-19(23-18)25-9-8-15-5-1-2-6-16(15)13-25/h1-7,10,12H,8-9,13H2,(H,22,23,24). The van der Waals surface area contributed by atoms with E-state index in [1.165, 1.54) is 11.1 Å². The molecule has 0 radical (unpaired) electrons. The van der Waals surface area contributed by atoms with Crippen molar-refractivity contribution in [3.63, 3.8) is 0 Å². The molecule has 1 aliphatic heterocycles. The molecule has 1 aliphatic rings. The molecule has 0 saturated carbocycles. The molecule has 122 valence electrons. The highest BCUT2D eigenvalue weighted by atomic mass is 15.3. The molecule has 1 aromatic heterocycles. The van der Waals surface area contributed by atoms with E-state index in [-0.39, 0.29) is 0 Å². The largest absolute Gasteiger partial charge is 0.339 e. The fourth-order valence-electron chi connectivity index (χ4n) is 2.97. The number of anilines is 3. The molecule has 0 atom stereocenters. The van der Waals surface area contributed by atoms with Gasteiger partial charge in [0.1, 0.15) is 0 Å². The quantitative estimate of drug-likeness (QED) is 0.796. The first-order chi connectivity index (χ1) is 12.3. The fraction of sp³-hybridized carbons (Fsp3) is 0.158. The van der Waals surface area contributed by atoms with Crippen molar-refractivity contribution in [2.24, 2.45) is 0 Å². The molecule has 6 nitrogen and oxygen atoms in total. The first-order valence-electron chi connectivity index (χ1n) is 8.10. The van der Waals surface area contributed by atoms with Gasteiger partial charge in [-0.25, -0.2) is 0 Å². The Hall–Kier alpha value is -3.46. The van der Waals surface area contributed by atoms with Gasteiger partial charge >= 0.3 is 0 Å². The number of hydrogen-bond donors (Lipinski definition) is 1. The van der Waals surface area contributed by atoms with Crippen molar-refractivity contribution in [3.05, 3.63) is 71.4 Å². The monoisotopic (exact) mass is 328 g/mol. The van der Waals surface area contributed by atoms with Crippen LogP contribution in [0.4, 0.5) is 17.5 Å². The van der Waals surface area contributed by atoms with Crippen molar-refractivity contribution >= 4 is 17.5 Å². The number of nitriles is 1. The highest BCUT2D eigenvalue weighted by Crippen LogP contribution is 2.23. The Morgan fingerprint density at radius 2 is 1.96 bits per heavy atom. The summed E-state index contributed by atoms with van der Waals surface area (Å²) in [6.07, 6.45) is 2.56. The second-order valence-corrected chi connectivity index (χ2v) is 5.90. The van der Waals surface area contributed by atoms with Crippen molar-refractivity contribution < 1.29 is 0 Å². The van der Waals surface area contributed by atoms with Crippen LogP contribution in [0.25, 0.3) is 0 Å². The van der Waals surface area contributed by atoms with E-state index in [1.54, 1.807) is 18.3 Å². The van der Waals surface area contributed by atoms with Gasteiger partial charge in [0.15, 0.2) is 5.82 Å². The molecule has 0 spiro atoms. The summed E-state index contributed by atoms with van der Waals surface area (Å²) in [6.45, 7) is 1.65. The molecule has 0 fully saturated rings. The number of fused-ring (bicyclic) bond motifs is 1. The number of nitrogens with one attached hydrogen (secondary N) is 1. The van der Waals surface area contributed by atoms with Crippen LogP contribution in [-0.4, -0.2) is 21.7 Å². The first kappa shape index (κ1) is 15.1. The Labute approximate surface area is 145 Å². The van der Waals surface area contributed by atoms with Crippen molar-refractivity contribution in [2.45, 2.75) is 13.0 Å². The summed E-state index contributed by atoms with van der Waals surface area (Å²) in [5.41, 5.74) is 4.08. The van der Waals surface area contributed by atoms with E-state index in [0.717, 1.165) is 25.2 Å². The lowest BCUT2D eigenvalue weighted by atomic mass is 10.0.